The van der Waals surface area contributed by atoms with Crippen molar-refractivity contribution < 1.29 is 9.47 Å². The largest absolute Gasteiger partial charge is 0.354 e. The van der Waals surface area contributed by atoms with E-state index in [0.717, 1.165) is 0 Å². The van der Waals surface area contributed by atoms with Crippen LogP contribution in [0.2, 0.25) is 0 Å². The highest BCUT2D eigenvalue weighted by Gasteiger charge is 2.21. The number of hydrogen-bond acceptors (Lipinski definition) is 3. The number of rotatable bonds is 7. The first-order valence-corrected chi connectivity index (χ1v) is 7.17. The van der Waals surface area contributed by atoms with Crippen LogP contribution in [0.4, 0.5) is 0 Å². The van der Waals surface area contributed by atoms with Gasteiger partial charge in [0, 0.05) is 14.2 Å². The van der Waals surface area contributed by atoms with Crippen molar-refractivity contribution in [3.63, 3.8) is 0 Å². The maximum absolute atomic E-state index is 5.35. The first kappa shape index (κ1) is 15.7. The van der Waals surface area contributed by atoms with Gasteiger partial charge in [-0.05, 0) is 18.1 Å². The molecule has 3 heteroatoms. The van der Waals surface area contributed by atoms with E-state index in [2.05, 4.69) is 60.8 Å². The lowest BCUT2D eigenvalue weighted by Gasteiger charge is -2.28. The second-order valence-corrected chi connectivity index (χ2v) is 5.05. The molecule has 112 valence electrons. The molecule has 2 aromatic carbocycles. The molecule has 2 rings (SSSR count). The number of methoxy groups -OCH3 is 2. The van der Waals surface area contributed by atoms with Gasteiger partial charge < -0.3 is 9.47 Å². The van der Waals surface area contributed by atoms with Crippen LogP contribution < -0.4 is 5.32 Å². The highest BCUT2D eigenvalue weighted by molar-refractivity contribution is 5.31. The monoisotopic (exact) mass is 285 g/mol. The van der Waals surface area contributed by atoms with E-state index in [1.807, 2.05) is 12.1 Å². The number of hydrogen-bond donors (Lipinski definition) is 1. The zero-order chi connectivity index (χ0) is 15.1. The fourth-order valence-corrected chi connectivity index (χ4v) is 2.52. The summed E-state index contributed by atoms with van der Waals surface area (Å²) in [6, 6.07) is 21.0. The third-order valence-corrected chi connectivity index (χ3v) is 3.57. The summed E-state index contributed by atoms with van der Waals surface area (Å²) in [5.74, 6) is 0. The first-order valence-electron chi connectivity index (χ1n) is 7.17. The van der Waals surface area contributed by atoms with Crippen LogP contribution in [0.25, 0.3) is 0 Å². The molecule has 0 aliphatic carbocycles. The van der Waals surface area contributed by atoms with E-state index in [1.54, 1.807) is 14.2 Å². The topological polar surface area (TPSA) is 30.5 Å². The molecule has 0 radical (unpaired) electrons. The lowest BCUT2D eigenvalue weighted by Crippen LogP contribution is -2.41. The van der Waals surface area contributed by atoms with Crippen molar-refractivity contribution in [1.82, 2.24) is 5.32 Å². The summed E-state index contributed by atoms with van der Waals surface area (Å²) in [5.41, 5.74) is 2.45. The summed E-state index contributed by atoms with van der Waals surface area (Å²) in [4.78, 5) is 0. The molecule has 1 atom stereocenters. The fraction of sp³-hybridized carbons (Fsp3) is 0.333. The Morgan fingerprint density at radius 2 is 1.19 bits per heavy atom. The zero-order valence-corrected chi connectivity index (χ0v) is 12.8. The van der Waals surface area contributed by atoms with Gasteiger partial charge in [0.15, 0.2) is 6.29 Å². The second kappa shape index (κ2) is 7.93. The van der Waals surface area contributed by atoms with Gasteiger partial charge in [-0.3, -0.25) is 5.32 Å². The molecule has 3 nitrogen and oxygen atoms in total. The lowest BCUT2D eigenvalue weighted by molar-refractivity contribution is -0.120. The Labute approximate surface area is 126 Å². The minimum absolute atomic E-state index is 0.0606. The molecule has 0 aromatic heterocycles. The molecule has 0 bridgehead atoms. The van der Waals surface area contributed by atoms with E-state index in [-0.39, 0.29) is 18.4 Å². The first-order chi connectivity index (χ1) is 10.3. The highest BCUT2D eigenvalue weighted by Crippen LogP contribution is 2.23. The Hall–Kier alpha value is -1.68. The summed E-state index contributed by atoms with van der Waals surface area (Å²) in [6.07, 6.45) is -0.278. The van der Waals surface area contributed by atoms with Gasteiger partial charge in [-0.2, -0.15) is 0 Å². The predicted octanol–water partition coefficient (Wildman–Crippen LogP) is 3.37. The van der Waals surface area contributed by atoms with Crippen molar-refractivity contribution in [2.75, 3.05) is 14.2 Å². The normalized spacial score (nSPS) is 12.8. The van der Waals surface area contributed by atoms with Crippen molar-refractivity contribution in [3.8, 4) is 0 Å². The quantitative estimate of drug-likeness (QED) is 0.791. The molecule has 0 heterocycles. The van der Waals surface area contributed by atoms with Crippen LogP contribution in [0, 0.1) is 0 Å². The Balaban J connectivity index is 2.25. The van der Waals surface area contributed by atoms with Gasteiger partial charge in [-0.15, -0.1) is 0 Å². The number of nitrogens with one attached hydrogen (secondary N) is 1. The molecule has 0 aliphatic heterocycles. The van der Waals surface area contributed by atoms with Crippen molar-refractivity contribution >= 4 is 0 Å². The SMILES string of the molecule is COC(OC)C(C)NC(c1ccccc1)c1ccccc1. The van der Waals surface area contributed by atoms with Gasteiger partial charge in [0.1, 0.15) is 0 Å². The third kappa shape index (κ3) is 4.14. The molecule has 1 N–H and O–H groups in total. The Kier molecular flexibility index (Phi) is 5.93. The molecule has 2 aromatic rings. The van der Waals surface area contributed by atoms with Gasteiger partial charge in [0.25, 0.3) is 0 Å². The van der Waals surface area contributed by atoms with E-state index < -0.39 is 0 Å². The van der Waals surface area contributed by atoms with Gasteiger partial charge in [0.05, 0.1) is 12.1 Å². The van der Waals surface area contributed by atoms with Crippen LogP contribution in [-0.4, -0.2) is 26.6 Å². The van der Waals surface area contributed by atoms with E-state index >= 15 is 0 Å². The Bertz CT molecular complexity index is 472. The third-order valence-electron chi connectivity index (χ3n) is 3.57. The van der Waals surface area contributed by atoms with E-state index in [0.29, 0.717) is 0 Å². The summed E-state index contributed by atoms with van der Waals surface area (Å²) < 4.78 is 10.7. The summed E-state index contributed by atoms with van der Waals surface area (Å²) >= 11 is 0. The Morgan fingerprint density at radius 3 is 1.57 bits per heavy atom. The van der Waals surface area contributed by atoms with Crippen LogP contribution in [-0.2, 0) is 9.47 Å². The minimum atomic E-state index is -0.278. The molecule has 0 fully saturated rings. The van der Waals surface area contributed by atoms with Crippen molar-refractivity contribution in [2.24, 2.45) is 0 Å². The fourth-order valence-electron chi connectivity index (χ4n) is 2.52. The zero-order valence-electron chi connectivity index (χ0n) is 12.8. The average Bonchev–Trinajstić information content (AvgIpc) is 2.55. The molecule has 0 amide bonds. The van der Waals surface area contributed by atoms with Crippen LogP contribution in [0.15, 0.2) is 60.7 Å². The molecule has 1 unspecified atom stereocenters. The summed E-state index contributed by atoms with van der Waals surface area (Å²) in [5, 5.41) is 3.60. The maximum atomic E-state index is 5.35. The molecule has 0 aliphatic rings. The van der Waals surface area contributed by atoms with Gasteiger partial charge >= 0.3 is 0 Å². The number of ether oxygens (including phenoxy) is 2. The Morgan fingerprint density at radius 1 is 0.762 bits per heavy atom. The van der Waals surface area contributed by atoms with Crippen LogP contribution in [0.5, 0.6) is 0 Å². The molecule has 0 saturated heterocycles. The summed E-state index contributed by atoms with van der Waals surface area (Å²) in [7, 11) is 3.32. The maximum Gasteiger partial charge on any atom is 0.171 e. The molecular weight excluding hydrogens is 262 g/mol. The van der Waals surface area contributed by atoms with Gasteiger partial charge in [-0.1, -0.05) is 60.7 Å². The molecule has 0 saturated carbocycles. The smallest absolute Gasteiger partial charge is 0.171 e. The minimum Gasteiger partial charge on any atom is -0.354 e. The van der Waals surface area contributed by atoms with Gasteiger partial charge in [0.2, 0.25) is 0 Å². The van der Waals surface area contributed by atoms with E-state index in [1.165, 1.54) is 11.1 Å². The van der Waals surface area contributed by atoms with Gasteiger partial charge in [-0.25, -0.2) is 0 Å². The highest BCUT2D eigenvalue weighted by atomic mass is 16.7. The molecule has 0 spiro atoms. The van der Waals surface area contributed by atoms with Crippen molar-refractivity contribution in [3.05, 3.63) is 71.8 Å². The molecule has 21 heavy (non-hydrogen) atoms. The summed E-state index contributed by atoms with van der Waals surface area (Å²) in [6.45, 7) is 2.07. The lowest BCUT2D eigenvalue weighted by atomic mass is 9.98. The standard InChI is InChI=1S/C18H23NO2/c1-14(18(20-2)21-3)19-17(15-10-6-4-7-11-15)16-12-8-5-9-13-16/h4-14,17-19H,1-3H3. The number of benzene rings is 2. The van der Waals surface area contributed by atoms with E-state index in [9.17, 15) is 0 Å². The second-order valence-electron chi connectivity index (χ2n) is 5.05. The van der Waals surface area contributed by atoms with Crippen LogP contribution in [0.3, 0.4) is 0 Å². The predicted molar refractivity (Wildman–Crippen MR) is 85.1 cm³/mol. The van der Waals surface area contributed by atoms with Crippen molar-refractivity contribution in [2.45, 2.75) is 25.3 Å². The molecular formula is C18H23NO2. The van der Waals surface area contributed by atoms with Crippen molar-refractivity contribution in [1.29, 1.82) is 0 Å². The van der Waals surface area contributed by atoms with Crippen LogP contribution >= 0.6 is 0 Å². The average molecular weight is 285 g/mol. The van der Waals surface area contributed by atoms with Crippen LogP contribution in [0.1, 0.15) is 24.1 Å². The van der Waals surface area contributed by atoms with E-state index in [4.69, 9.17) is 9.47 Å².